The third kappa shape index (κ3) is 7.15. The standard InChI is InChI=1S/C17H25NO5/c1-17(2,3)23-16(21)18-13(14(19)15(20)22-4)11-10-12-8-6-5-7-9-12/h5-9,13-14,19H,10-11H2,1-4H3,(H,18,21)/t13-,14?/m0/s1. The van der Waals surface area contributed by atoms with Crippen LogP contribution in [-0.2, 0) is 20.7 Å². The summed E-state index contributed by atoms with van der Waals surface area (Å²) in [5.74, 6) is -0.792. The Hall–Kier alpha value is -2.08. The highest BCUT2D eigenvalue weighted by molar-refractivity contribution is 5.76. The first-order valence-electron chi connectivity index (χ1n) is 7.52. The van der Waals surface area contributed by atoms with Gasteiger partial charge < -0.3 is 19.9 Å². The van der Waals surface area contributed by atoms with Gasteiger partial charge in [0, 0.05) is 0 Å². The van der Waals surface area contributed by atoms with Crippen molar-refractivity contribution in [2.45, 2.75) is 51.4 Å². The summed E-state index contributed by atoms with van der Waals surface area (Å²) in [6, 6.07) is 8.80. The minimum absolute atomic E-state index is 0.375. The van der Waals surface area contributed by atoms with Gasteiger partial charge in [0.15, 0.2) is 6.10 Å². The third-order valence-electron chi connectivity index (χ3n) is 3.11. The largest absolute Gasteiger partial charge is 0.467 e. The van der Waals surface area contributed by atoms with Crippen LogP contribution >= 0.6 is 0 Å². The Bertz CT molecular complexity index is 509. The lowest BCUT2D eigenvalue weighted by atomic mass is 10.0. The number of aliphatic hydroxyl groups is 1. The molecule has 0 aliphatic carbocycles. The van der Waals surface area contributed by atoms with Crippen LogP contribution in [0.1, 0.15) is 32.8 Å². The van der Waals surface area contributed by atoms with E-state index in [2.05, 4.69) is 10.1 Å². The average molecular weight is 323 g/mol. The van der Waals surface area contributed by atoms with Crippen LogP contribution in [0.2, 0.25) is 0 Å². The maximum atomic E-state index is 11.9. The van der Waals surface area contributed by atoms with Crippen molar-refractivity contribution < 1.29 is 24.2 Å². The van der Waals surface area contributed by atoms with Gasteiger partial charge in [0.05, 0.1) is 13.2 Å². The Morgan fingerprint density at radius 1 is 1.22 bits per heavy atom. The third-order valence-corrected chi connectivity index (χ3v) is 3.11. The Kier molecular flexibility index (Phi) is 7.03. The van der Waals surface area contributed by atoms with E-state index < -0.39 is 29.8 Å². The van der Waals surface area contributed by atoms with E-state index in [0.717, 1.165) is 5.56 Å². The van der Waals surface area contributed by atoms with Gasteiger partial charge in [0.25, 0.3) is 0 Å². The zero-order valence-corrected chi connectivity index (χ0v) is 14.0. The number of hydrogen-bond acceptors (Lipinski definition) is 5. The molecule has 2 atom stereocenters. The summed E-state index contributed by atoms with van der Waals surface area (Å²) in [6.45, 7) is 5.22. The van der Waals surface area contributed by atoms with Crippen molar-refractivity contribution in [3.63, 3.8) is 0 Å². The summed E-state index contributed by atoms with van der Waals surface area (Å²) in [5, 5.41) is 12.6. The van der Waals surface area contributed by atoms with Gasteiger partial charge in [-0.05, 0) is 39.2 Å². The van der Waals surface area contributed by atoms with Crippen LogP contribution in [0, 0.1) is 0 Å². The molecule has 0 saturated carbocycles. The average Bonchev–Trinajstić information content (AvgIpc) is 2.49. The Labute approximate surface area is 136 Å². The summed E-state index contributed by atoms with van der Waals surface area (Å²) in [5.41, 5.74) is 0.380. The second-order valence-corrected chi connectivity index (χ2v) is 6.24. The topological polar surface area (TPSA) is 84.9 Å². The second-order valence-electron chi connectivity index (χ2n) is 6.24. The molecule has 0 fully saturated rings. The number of alkyl carbamates (subject to hydrolysis) is 1. The van der Waals surface area contributed by atoms with E-state index >= 15 is 0 Å². The molecule has 1 aromatic carbocycles. The molecule has 23 heavy (non-hydrogen) atoms. The summed E-state index contributed by atoms with van der Waals surface area (Å²) < 4.78 is 9.72. The van der Waals surface area contributed by atoms with E-state index in [1.165, 1.54) is 7.11 Å². The van der Waals surface area contributed by atoms with Crippen LogP contribution in [0.15, 0.2) is 30.3 Å². The highest BCUT2D eigenvalue weighted by atomic mass is 16.6. The zero-order valence-electron chi connectivity index (χ0n) is 14.0. The molecule has 6 heteroatoms. The number of ether oxygens (including phenoxy) is 2. The zero-order chi connectivity index (χ0) is 17.5. The van der Waals surface area contributed by atoms with Crippen molar-refractivity contribution in [3.05, 3.63) is 35.9 Å². The molecule has 0 saturated heterocycles. The van der Waals surface area contributed by atoms with Gasteiger partial charge in [-0.15, -0.1) is 0 Å². The van der Waals surface area contributed by atoms with Crippen molar-refractivity contribution >= 4 is 12.1 Å². The van der Waals surface area contributed by atoms with Gasteiger partial charge in [0.1, 0.15) is 5.60 Å². The highest BCUT2D eigenvalue weighted by Gasteiger charge is 2.29. The van der Waals surface area contributed by atoms with E-state index in [1.807, 2.05) is 30.3 Å². The summed E-state index contributed by atoms with van der Waals surface area (Å²) in [4.78, 5) is 23.5. The first kappa shape index (κ1) is 19.0. The van der Waals surface area contributed by atoms with E-state index in [1.54, 1.807) is 20.8 Å². The minimum atomic E-state index is -1.45. The van der Waals surface area contributed by atoms with Gasteiger partial charge in [-0.3, -0.25) is 0 Å². The summed E-state index contributed by atoms with van der Waals surface area (Å²) in [6.07, 6.45) is -1.16. The van der Waals surface area contributed by atoms with Crippen molar-refractivity contribution in [2.24, 2.45) is 0 Å². The minimum Gasteiger partial charge on any atom is -0.467 e. The maximum Gasteiger partial charge on any atom is 0.407 e. The SMILES string of the molecule is COC(=O)C(O)[C@H](CCc1ccccc1)NC(=O)OC(C)(C)C. The quantitative estimate of drug-likeness (QED) is 0.783. The predicted octanol–water partition coefficient (Wildman–Crippen LogP) is 2.05. The van der Waals surface area contributed by atoms with Crippen molar-refractivity contribution in [1.82, 2.24) is 5.32 Å². The number of benzene rings is 1. The molecule has 1 aromatic rings. The Balaban J connectivity index is 2.72. The predicted molar refractivity (Wildman–Crippen MR) is 85.9 cm³/mol. The van der Waals surface area contributed by atoms with Crippen LogP contribution in [0.3, 0.4) is 0 Å². The number of aryl methyl sites for hydroxylation is 1. The van der Waals surface area contributed by atoms with E-state index in [4.69, 9.17) is 4.74 Å². The number of amides is 1. The van der Waals surface area contributed by atoms with Gasteiger partial charge in [-0.25, -0.2) is 9.59 Å². The molecule has 2 N–H and O–H groups in total. The van der Waals surface area contributed by atoms with Crippen LogP contribution < -0.4 is 5.32 Å². The lowest BCUT2D eigenvalue weighted by Crippen LogP contribution is -2.49. The van der Waals surface area contributed by atoms with Crippen molar-refractivity contribution in [3.8, 4) is 0 Å². The van der Waals surface area contributed by atoms with Gasteiger partial charge >= 0.3 is 12.1 Å². The fourth-order valence-electron chi connectivity index (χ4n) is 2.02. The smallest absolute Gasteiger partial charge is 0.407 e. The number of methoxy groups -OCH3 is 1. The molecule has 0 radical (unpaired) electrons. The first-order valence-corrected chi connectivity index (χ1v) is 7.52. The molecular weight excluding hydrogens is 298 g/mol. The molecule has 0 aliphatic heterocycles. The lowest BCUT2D eigenvalue weighted by Gasteiger charge is -2.25. The molecule has 1 unspecified atom stereocenters. The van der Waals surface area contributed by atoms with Crippen LogP contribution in [0.5, 0.6) is 0 Å². The van der Waals surface area contributed by atoms with Crippen LogP contribution in [0.25, 0.3) is 0 Å². The summed E-state index contributed by atoms with van der Waals surface area (Å²) in [7, 11) is 1.19. The number of carbonyl (C=O) groups excluding carboxylic acids is 2. The Morgan fingerprint density at radius 2 is 1.83 bits per heavy atom. The second kappa shape index (κ2) is 8.53. The molecule has 0 aliphatic rings. The number of carbonyl (C=O) groups is 2. The monoisotopic (exact) mass is 323 g/mol. The number of esters is 1. The number of hydrogen-bond donors (Lipinski definition) is 2. The lowest BCUT2D eigenvalue weighted by molar-refractivity contribution is -0.152. The van der Waals surface area contributed by atoms with E-state index in [0.29, 0.717) is 12.8 Å². The fraction of sp³-hybridized carbons (Fsp3) is 0.529. The van der Waals surface area contributed by atoms with Crippen molar-refractivity contribution in [1.29, 1.82) is 0 Å². The van der Waals surface area contributed by atoms with Crippen LogP contribution in [0.4, 0.5) is 4.79 Å². The number of rotatable bonds is 6. The molecule has 1 rings (SSSR count). The van der Waals surface area contributed by atoms with Crippen LogP contribution in [-0.4, -0.2) is 42.0 Å². The summed E-state index contributed by atoms with van der Waals surface area (Å²) >= 11 is 0. The number of aliphatic hydroxyl groups excluding tert-OH is 1. The van der Waals surface area contributed by atoms with Gasteiger partial charge in [0.2, 0.25) is 0 Å². The van der Waals surface area contributed by atoms with E-state index in [9.17, 15) is 14.7 Å². The molecule has 0 heterocycles. The molecule has 1 amide bonds. The molecule has 6 nitrogen and oxygen atoms in total. The van der Waals surface area contributed by atoms with Crippen molar-refractivity contribution in [2.75, 3.05) is 7.11 Å². The highest BCUT2D eigenvalue weighted by Crippen LogP contribution is 2.11. The fourth-order valence-corrected chi connectivity index (χ4v) is 2.02. The normalized spacial score (nSPS) is 13.8. The molecular formula is C17H25NO5. The first-order chi connectivity index (χ1) is 10.7. The molecule has 0 spiro atoms. The van der Waals surface area contributed by atoms with Gasteiger partial charge in [-0.1, -0.05) is 30.3 Å². The number of nitrogens with one attached hydrogen (secondary N) is 1. The van der Waals surface area contributed by atoms with Gasteiger partial charge in [-0.2, -0.15) is 0 Å². The molecule has 128 valence electrons. The Morgan fingerprint density at radius 3 is 2.35 bits per heavy atom. The van der Waals surface area contributed by atoms with E-state index in [-0.39, 0.29) is 0 Å². The maximum absolute atomic E-state index is 11.9. The molecule has 0 bridgehead atoms. The molecule has 0 aromatic heterocycles.